The van der Waals surface area contributed by atoms with E-state index in [1.54, 1.807) is 11.4 Å². The molecule has 1 aromatic carbocycles. The molecular weight excluding hydrogens is 345 g/mol. The summed E-state index contributed by atoms with van der Waals surface area (Å²) in [5, 5.41) is 14.9. The van der Waals surface area contributed by atoms with Crippen molar-refractivity contribution in [3.63, 3.8) is 0 Å². The summed E-state index contributed by atoms with van der Waals surface area (Å²) < 4.78 is 39.5. The molecule has 0 amide bonds. The molecule has 0 aliphatic heterocycles. The lowest BCUT2D eigenvalue weighted by atomic mass is 10.2. The maximum atomic E-state index is 13.7. The summed E-state index contributed by atoms with van der Waals surface area (Å²) in [6.45, 7) is 0.284. The third kappa shape index (κ3) is 4.03. The zero-order valence-corrected chi connectivity index (χ0v) is 13.7. The number of rotatable bonds is 7. The van der Waals surface area contributed by atoms with E-state index in [1.165, 1.54) is 25.2 Å². The van der Waals surface area contributed by atoms with Crippen LogP contribution < -0.4 is 5.32 Å². The number of nitro groups is 1. The molecule has 2 aromatic rings. The SMILES string of the molecule is CN(CCNc1ccc([N+](=O)[O-])cc1F)S(=O)(=O)c1cccs1. The molecule has 0 unspecified atom stereocenters. The molecule has 1 heterocycles. The van der Waals surface area contributed by atoms with Crippen LogP contribution in [0, 0.1) is 15.9 Å². The predicted molar refractivity (Wildman–Crippen MR) is 85.7 cm³/mol. The summed E-state index contributed by atoms with van der Waals surface area (Å²) in [5.74, 6) is -0.761. The molecule has 0 saturated carbocycles. The molecule has 23 heavy (non-hydrogen) atoms. The second kappa shape index (κ2) is 7.02. The Morgan fingerprint density at radius 3 is 2.70 bits per heavy atom. The number of nitrogens with zero attached hydrogens (tertiary/aromatic N) is 2. The Balaban J connectivity index is 1.96. The molecule has 0 spiro atoms. The van der Waals surface area contributed by atoms with Gasteiger partial charge in [0.15, 0.2) is 5.82 Å². The molecule has 0 aliphatic rings. The molecule has 0 radical (unpaired) electrons. The van der Waals surface area contributed by atoms with Gasteiger partial charge in [0, 0.05) is 26.2 Å². The quantitative estimate of drug-likeness (QED) is 0.606. The second-order valence-electron chi connectivity index (χ2n) is 4.61. The van der Waals surface area contributed by atoms with Gasteiger partial charge >= 0.3 is 0 Å². The summed E-state index contributed by atoms with van der Waals surface area (Å²) in [7, 11) is -2.12. The Bertz CT molecular complexity index is 794. The van der Waals surface area contributed by atoms with Crippen LogP contribution in [0.1, 0.15) is 0 Å². The summed E-state index contributed by atoms with van der Waals surface area (Å²) in [4.78, 5) is 9.85. The van der Waals surface area contributed by atoms with Crippen LogP contribution in [0.4, 0.5) is 15.8 Å². The fourth-order valence-corrected chi connectivity index (χ4v) is 4.17. The Kier molecular flexibility index (Phi) is 5.29. The number of anilines is 1. The zero-order valence-electron chi connectivity index (χ0n) is 12.1. The number of likely N-dealkylation sites (N-methyl/N-ethyl adjacent to an activating group) is 1. The maximum absolute atomic E-state index is 13.7. The van der Waals surface area contributed by atoms with Crippen molar-refractivity contribution < 1.29 is 17.7 Å². The first kappa shape index (κ1) is 17.3. The van der Waals surface area contributed by atoms with Gasteiger partial charge in [-0.25, -0.2) is 12.8 Å². The molecule has 124 valence electrons. The predicted octanol–water partition coefficient (Wildman–Crippen LogP) is 2.53. The van der Waals surface area contributed by atoms with E-state index in [9.17, 15) is 22.9 Å². The van der Waals surface area contributed by atoms with Crippen molar-refractivity contribution in [3.05, 3.63) is 51.6 Å². The van der Waals surface area contributed by atoms with E-state index in [4.69, 9.17) is 0 Å². The fraction of sp³-hybridized carbons (Fsp3) is 0.231. The Hall–Kier alpha value is -2.04. The van der Waals surface area contributed by atoms with Crippen molar-refractivity contribution >= 4 is 32.7 Å². The van der Waals surface area contributed by atoms with E-state index in [-0.39, 0.29) is 28.7 Å². The van der Waals surface area contributed by atoms with E-state index < -0.39 is 20.8 Å². The first-order chi connectivity index (χ1) is 10.8. The number of non-ortho nitro benzene ring substituents is 1. The summed E-state index contributed by atoms with van der Waals surface area (Å²) in [5.41, 5.74) is -0.261. The van der Waals surface area contributed by atoms with Gasteiger partial charge in [-0.2, -0.15) is 4.31 Å². The van der Waals surface area contributed by atoms with E-state index in [0.29, 0.717) is 0 Å². The van der Waals surface area contributed by atoms with Crippen molar-refractivity contribution in [1.82, 2.24) is 4.31 Å². The maximum Gasteiger partial charge on any atom is 0.272 e. The Morgan fingerprint density at radius 1 is 1.39 bits per heavy atom. The van der Waals surface area contributed by atoms with Gasteiger partial charge in [-0.1, -0.05) is 6.07 Å². The van der Waals surface area contributed by atoms with Gasteiger partial charge in [0.25, 0.3) is 15.7 Å². The molecule has 1 N–H and O–H groups in total. The third-order valence-corrected chi connectivity index (χ3v) is 6.30. The molecule has 0 aliphatic carbocycles. The molecule has 10 heteroatoms. The highest BCUT2D eigenvalue weighted by atomic mass is 32.2. The van der Waals surface area contributed by atoms with E-state index in [1.807, 2.05) is 0 Å². The third-order valence-electron chi connectivity index (χ3n) is 3.07. The van der Waals surface area contributed by atoms with Crippen LogP contribution >= 0.6 is 11.3 Å². The number of hydrogen-bond donors (Lipinski definition) is 1. The molecule has 2 rings (SSSR count). The number of halogens is 1. The van der Waals surface area contributed by atoms with Crippen molar-refractivity contribution in [2.24, 2.45) is 0 Å². The minimum absolute atomic E-state index is 0.0810. The average Bonchev–Trinajstić information content (AvgIpc) is 3.03. The van der Waals surface area contributed by atoms with Gasteiger partial charge in [0.1, 0.15) is 4.21 Å². The second-order valence-corrected chi connectivity index (χ2v) is 7.83. The van der Waals surface area contributed by atoms with Crippen molar-refractivity contribution in [2.75, 3.05) is 25.5 Å². The lowest BCUT2D eigenvalue weighted by Gasteiger charge is -2.16. The lowest BCUT2D eigenvalue weighted by molar-refractivity contribution is -0.385. The minimum Gasteiger partial charge on any atom is -0.381 e. The molecule has 1 aromatic heterocycles. The van der Waals surface area contributed by atoms with Gasteiger partial charge in [0.05, 0.1) is 16.7 Å². The van der Waals surface area contributed by atoms with Gasteiger partial charge < -0.3 is 5.32 Å². The van der Waals surface area contributed by atoms with Crippen LogP contribution in [0.5, 0.6) is 0 Å². The molecule has 0 fully saturated rings. The minimum atomic E-state index is -3.55. The Labute approximate surface area is 136 Å². The van der Waals surface area contributed by atoms with Crippen LogP contribution in [0.2, 0.25) is 0 Å². The number of nitrogens with one attached hydrogen (secondary N) is 1. The first-order valence-corrected chi connectivity index (χ1v) is 8.82. The number of hydrogen-bond acceptors (Lipinski definition) is 6. The number of benzene rings is 1. The zero-order chi connectivity index (χ0) is 17.0. The van der Waals surface area contributed by atoms with Crippen molar-refractivity contribution in [1.29, 1.82) is 0 Å². The van der Waals surface area contributed by atoms with E-state index in [2.05, 4.69) is 5.32 Å². The van der Waals surface area contributed by atoms with E-state index >= 15 is 0 Å². The topological polar surface area (TPSA) is 92.5 Å². The van der Waals surface area contributed by atoms with Gasteiger partial charge in [-0.15, -0.1) is 11.3 Å². The van der Waals surface area contributed by atoms with Crippen LogP contribution in [0.3, 0.4) is 0 Å². The molecular formula is C13H14FN3O4S2. The van der Waals surface area contributed by atoms with Crippen LogP contribution in [0.15, 0.2) is 39.9 Å². The smallest absolute Gasteiger partial charge is 0.272 e. The highest BCUT2D eigenvalue weighted by Gasteiger charge is 2.21. The summed E-state index contributed by atoms with van der Waals surface area (Å²) >= 11 is 1.12. The van der Waals surface area contributed by atoms with Crippen molar-refractivity contribution in [3.8, 4) is 0 Å². The molecule has 0 saturated heterocycles. The van der Waals surface area contributed by atoms with Gasteiger partial charge in [-0.3, -0.25) is 10.1 Å². The van der Waals surface area contributed by atoms with Crippen LogP contribution in [-0.2, 0) is 10.0 Å². The standard InChI is InChI=1S/C13H14FN3O4S2/c1-16(23(20,21)13-3-2-8-22-13)7-6-15-12-5-4-10(17(18)19)9-11(12)14/h2-5,8-9,15H,6-7H2,1H3. The monoisotopic (exact) mass is 359 g/mol. The Morgan fingerprint density at radius 2 is 2.13 bits per heavy atom. The number of nitro benzene ring substituents is 1. The van der Waals surface area contributed by atoms with E-state index in [0.717, 1.165) is 21.7 Å². The average molecular weight is 359 g/mol. The molecule has 7 nitrogen and oxygen atoms in total. The highest BCUT2D eigenvalue weighted by molar-refractivity contribution is 7.91. The van der Waals surface area contributed by atoms with Crippen molar-refractivity contribution in [2.45, 2.75) is 4.21 Å². The van der Waals surface area contributed by atoms with Crippen LogP contribution in [-0.4, -0.2) is 37.8 Å². The normalized spacial score (nSPS) is 11.6. The summed E-state index contributed by atoms with van der Waals surface area (Å²) in [6.07, 6.45) is 0. The number of sulfonamides is 1. The van der Waals surface area contributed by atoms with Gasteiger partial charge in [-0.05, 0) is 17.5 Å². The molecule has 0 atom stereocenters. The highest BCUT2D eigenvalue weighted by Crippen LogP contribution is 2.21. The van der Waals surface area contributed by atoms with Gasteiger partial charge in [0.2, 0.25) is 0 Å². The lowest BCUT2D eigenvalue weighted by Crippen LogP contribution is -2.31. The largest absolute Gasteiger partial charge is 0.381 e. The van der Waals surface area contributed by atoms with Crippen LogP contribution in [0.25, 0.3) is 0 Å². The molecule has 0 bridgehead atoms. The summed E-state index contributed by atoms with van der Waals surface area (Å²) in [6, 6.07) is 6.41. The fourth-order valence-electron chi connectivity index (χ4n) is 1.79. The first-order valence-electron chi connectivity index (χ1n) is 6.50. The number of thiophene rings is 1.